The lowest BCUT2D eigenvalue weighted by Gasteiger charge is -2.02. The van der Waals surface area contributed by atoms with Crippen LogP contribution in [0.3, 0.4) is 0 Å². The molecule has 3 aromatic rings. The number of hydrogen-bond acceptors (Lipinski definition) is 3. The van der Waals surface area contributed by atoms with E-state index in [1.165, 1.54) is 12.1 Å². The molecular weight excluding hydrogens is 233 g/mol. The average molecular weight is 243 g/mol. The number of aromatic nitrogens is 3. The fourth-order valence-corrected chi connectivity index (χ4v) is 1.84. The second-order valence-electron chi connectivity index (χ2n) is 3.81. The Bertz CT molecular complexity index is 708. The highest BCUT2D eigenvalue weighted by Gasteiger charge is 2.11. The second-order valence-corrected chi connectivity index (χ2v) is 3.81. The summed E-state index contributed by atoms with van der Waals surface area (Å²) >= 11 is 0. The molecule has 4 nitrogen and oxygen atoms in total. The highest BCUT2D eigenvalue weighted by Crippen LogP contribution is 2.27. The fraction of sp³-hybridized carbons (Fsp3) is 0.0769. The summed E-state index contributed by atoms with van der Waals surface area (Å²) in [6.45, 7) is 0. The Kier molecular flexibility index (Phi) is 2.44. The Hall–Kier alpha value is -2.43. The molecule has 5 heteroatoms. The number of pyridine rings is 1. The molecule has 1 N–H and O–H groups in total. The van der Waals surface area contributed by atoms with Gasteiger partial charge in [-0.3, -0.25) is 0 Å². The van der Waals surface area contributed by atoms with Gasteiger partial charge in [0.25, 0.3) is 0 Å². The van der Waals surface area contributed by atoms with Crippen molar-refractivity contribution in [2.75, 3.05) is 7.11 Å². The van der Waals surface area contributed by atoms with E-state index in [0.29, 0.717) is 22.7 Å². The van der Waals surface area contributed by atoms with Crippen molar-refractivity contribution in [2.45, 2.75) is 0 Å². The van der Waals surface area contributed by atoms with Gasteiger partial charge in [0.1, 0.15) is 11.6 Å². The molecule has 0 aliphatic carbocycles. The number of rotatable bonds is 2. The van der Waals surface area contributed by atoms with E-state index in [2.05, 4.69) is 15.0 Å². The smallest absolute Gasteiger partial charge is 0.224 e. The third-order valence-corrected chi connectivity index (χ3v) is 2.66. The minimum atomic E-state index is -0.296. The molecule has 0 saturated carbocycles. The molecule has 0 fully saturated rings. The van der Waals surface area contributed by atoms with Gasteiger partial charge in [-0.1, -0.05) is 0 Å². The number of ether oxygens (including phenoxy) is 1. The zero-order valence-corrected chi connectivity index (χ0v) is 9.64. The molecule has 0 unspecified atom stereocenters. The van der Waals surface area contributed by atoms with Gasteiger partial charge in [0, 0.05) is 6.20 Å². The Morgan fingerprint density at radius 2 is 2.17 bits per heavy atom. The summed E-state index contributed by atoms with van der Waals surface area (Å²) in [6.07, 6.45) is 1.64. The van der Waals surface area contributed by atoms with Gasteiger partial charge in [-0.25, -0.2) is 14.4 Å². The molecule has 18 heavy (non-hydrogen) atoms. The highest BCUT2D eigenvalue weighted by molar-refractivity contribution is 5.80. The van der Waals surface area contributed by atoms with Gasteiger partial charge in [0.15, 0.2) is 0 Å². The molecule has 2 aromatic heterocycles. The van der Waals surface area contributed by atoms with Crippen molar-refractivity contribution < 1.29 is 9.13 Å². The number of imidazole rings is 1. The Morgan fingerprint density at radius 1 is 1.28 bits per heavy atom. The SMILES string of the molecule is COc1ncccc1-c1nc2ccc(F)cc2[nH]1. The molecule has 1 aromatic carbocycles. The third kappa shape index (κ3) is 1.69. The first-order chi connectivity index (χ1) is 8.78. The van der Waals surface area contributed by atoms with Crippen LogP contribution in [0.2, 0.25) is 0 Å². The average Bonchev–Trinajstić information content (AvgIpc) is 2.81. The van der Waals surface area contributed by atoms with E-state index < -0.39 is 0 Å². The Morgan fingerprint density at radius 3 is 3.00 bits per heavy atom. The number of nitrogens with one attached hydrogen (secondary N) is 1. The summed E-state index contributed by atoms with van der Waals surface area (Å²) in [5.74, 6) is 0.799. The number of H-pyrrole nitrogens is 1. The van der Waals surface area contributed by atoms with Crippen molar-refractivity contribution in [1.82, 2.24) is 15.0 Å². The van der Waals surface area contributed by atoms with Crippen LogP contribution in [-0.4, -0.2) is 22.1 Å². The van der Waals surface area contributed by atoms with E-state index in [4.69, 9.17) is 4.74 Å². The van der Waals surface area contributed by atoms with Crippen molar-refractivity contribution in [2.24, 2.45) is 0 Å². The summed E-state index contributed by atoms with van der Waals surface area (Å²) in [7, 11) is 1.55. The lowest BCUT2D eigenvalue weighted by Crippen LogP contribution is -1.91. The molecular formula is C13H10FN3O. The number of fused-ring (bicyclic) bond motifs is 1. The number of nitrogens with zero attached hydrogens (tertiary/aromatic N) is 2. The maximum absolute atomic E-state index is 13.1. The van der Waals surface area contributed by atoms with E-state index in [0.717, 1.165) is 5.56 Å². The topological polar surface area (TPSA) is 50.8 Å². The highest BCUT2D eigenvalue weighted by atomic mass is 19.1. The van der Waals surface area contributed by atoms with Crippen LogP contribution < -0.4 is 4.74 Å². The largest absolute Gasteiger partial charge is 0.480 e. The van der Waals surface area contributed by atoms with Crippen LogP contribution in [-0.2, 0) is 0 Å². The van der Waals surface area contributed by atoms with Crippen LogP contribution in [0.5, 0.6) is 5.88 Å². The van der Waals surface area contributed by atoms with Crippen molar-refractivity contribution in [3.63, 3.8) is 0 Å². The molecule has 0 aliphatic rings. The van der Waals surface area contributed by atoms with Crippen molar-refractivity contribution >= 4 is 11.0 Å². The van der Waals surface area contributed by atoms with Gasteiger partial charge in [0.05, 0.1) is 23.7 Å². The van der Waals surface area contributed by atoms with Crippen LogP contribution >= 0.6 is 0 Å². The van der Waals surface area contributed by atoms with Gasteiger partial charge in [-0.15, -0.1) is 0 Å². The third-order valence-electron chi connectivity index (χ3n) is 2.66. The minimum absolute atomic E-state index is 0.296. The van der Waals surface area contributed by atoms with Crippen LogP contribution in [0.25, 0.3) is 22.4 Å². The van der Waals surface area contributed by atoms with E-state index >= 15 is 0 Å². The van der Waals surface area contributed by atoms with Gasteiger partial charge >= 0.3 is 0 Å². The molecule has 0 atom stereocenters. The normalized spacial score (nSPS) is 10.8. The monoisotopic (exact) mass is 243 g/mol. The maximum atomic E-state index is 13.1. The molecule has 3 rings (SSSR count). The lowest BCUT2D eigenvalue weighted by atomic mass is 10.2. The van der Waals surface area contributed by atoms with Gasteiger partial charge in [-0.2, -0.15) is 0 Å². The summed E-state index contributed by atoms with van der Waals surface area (Å²) in [6, 6.07) is 8.07. The fourth-order valence-electron chi connectivity index (χ4n) is 1.84. The van der Waals surface area contributed by atoms with Crippen LogP contribution in [0.4, 0.5) is 4.39 Å². The molecule has 90 valence electrons. The van der Waals surface area contributed by atoms with Crippen molar-refractivity contribution in [3.8, 4) is 17.3 Å². The Labute approximate surface area is 102 Å². The number of hydrogen-bond donors (Lipinski definition) is 1. The predicted molar refractivity (Wildman–Crippen MR) is 65.8 cm³/mol. The van der Waals surface area contributed by atoms with E-state index in [9.17, 15) is 4.39 Å². The lowest BCUT2D eigenvalue weighted by molar-refractivity contribution is 0.399. The first kappa shape index (κ1) is 10.7. The summed E-state index contributed by atoms with van der Waals surface area (Å²) in [5, 5.41) is 0. The zero-order chi connectivity index (χ0) is 12.5. The van der Waals surface area contributed by atoms with E-state index in [-0.39, 0.29) is 5.82 Å². The first-order valence-electron chi connectivity index (χ1n) is 5.42. The molecule has 0 spiro atoms. The second kappa shape index (κ2) is 4.10. The predicted octanol–water partition coefficient (Wildman–Crippen LogP) is 2.77. The molecule has 0 radical (unpaired) electrons. The quantitative estimate of drug-likeness (QED) is 0.753. The molecule has 0 bridgehead atoms. The zero-order valence-electron chi connectivity index (χ0n) is 9.64. The molecule has 0 aliphatic heterocycles. The first-order valence-corrected chi connectivity index (χ1v) is 5.42. The van der Waals surface area contributed by atoms with Crippen molar-refractivity contribution in [1.29, 1.82) is 0 Å². The molecule has 0 saturated heterocycles. The minimum Gasteiger partial charge on any atom is -0.480 e. The van der Waals surface area contributed by atoms with Gasteiger partial charge in [-0.05, 0) is 30.3 Å². The van der Waals surface area contributed by atoms with E-state index in [1.807, 2.05) is 6.07 Å². The van der Waals surface area contributed by atoms with Gasteiger partial charge in [0.2, 0.25) is 5.88 Å². The summed E-state index contributed by atoms with van der Waals surface area (Å²) < 4.78 is 18.3. The molecule has 2 heterocycles. The number of aromatic amines is 1. The summed E-state index contributed by atoms with van der Waals surface area (Å²) in [5.41, 5.74) is 2.10. The molecule has 0 amide bonds. The van der Waals surface area contributed by atoms with E-state index in [1.54, 1.807) is 25.4 Å². The van der Waals surface area contributed by atoms with Gasteiger partial charge < -0.3 is 9.72 Å². The number of benzene rings is 1. The van der Waals surface area contributed by atoms with Crippen LogP contribution in [0.15, 0.2) is 36.5 Å². The van der Waals surface area contributed by atoms with Crippen molar-refractivity contribution in [3.05, 3.63) is 42.3 Å². The van der Waals surface area contributed by atoms with Crippen LogP contribution in [0, 0.1) is 5.82 Å². The Balaban J connectivity index is 2.19. The maximum Gasteiger partial charge on any atom is 0.224 e. The number of halogens is 1. The summed E-state index contributed by atoms with van der Waals surface area (Å²) in [4.78, 5) is 11.6. The van der Waals surface area contributed by atoms with Crippen LogP contribution in [0.1, 0.15) is 0 Å². The standard InChI is InChI=1S/C13H10FN3O/c1-18-13-9(3-2-6-15-13)12-16-10-5-4-8(14)7-11(10)17-12/h2-7H,1H3,(H,16,17). The number of methoxy groups -OCH3 is 1.